The highest BCUT2D eigenvalue weighted by molar-refractivity contribution is 7.99. The molecule has 30 heavy (non-hydrogen) atoms. The molecular formula is C22H27N5OS2. The monoisotopic (exact) mass is 441 g/mol. The quantitative estimate of drug-likeness (QED) is 0.560. The van der Waals surface area contributed by atoms with Gasteiger partial charge in [0.15, 0.2) is 10.8 Å². The van der Waals surface area contributed by atoms with Crippen LogP contribution in [0.5, 0.6) is 0 Å². The van der Waals surface area contributed by atoms with Gasteiger partial charge in [0.2, 0.25) is 5.91 Å². The lowest BCUT2D eigenvalue weighted by molar-refractivity contribution is -0.129. The number of carbonyl (C=O) groups is 1. The van der Waals surface area contributed by atoms with Crippen molar-refractivity contribution in [1.29, 1.82) is 0 Å². The molecule has 1 saturated heterocycles. The van der Waals surface area contributed by atoms with Gasteiger partial charge in [0.05, 0.1) is 11.1 Å². The van der Waals surface area contributed by atoms with Crippen LogP contribution >= 0.6 is 23.1 Å². The summed E-state index contributed by atoms with van der Waals surface area (Å²) in [5.41, 5.74) is 2.41. The van der Waals surface area contributed by atoms with Crippen LogP contribution in [-0.4, -0.2) is 49.2 Å². The highest BCUT2D eigenvalue weighted by atomic mass is 32.2. The summed E-state index contributed by atoms with van der Waals surface area (Å²) in [5.74, 6) is 3.00. The first kappa shape index (κ1) is 19.0. The highest BCUT2D eigenvalue weighted by Crippen LogP contribution is 2.44. The van der Waals surface area contributed by atoms with Gasteiger partial charge in [-0.1, -0.05) is 18.7 Å². The largest absolute Gasteiger partial charge is 0.342 e. The number of piperidine rings is 1. The number of likely N-dealkylation sites (tertiary alicyclic amines) is 1. The minimum Gasteiger partial charge on any atom is -0.342 e. The number of rotatable bonds is 4. The second kappa shape index (κ2) is 7.48. The van der Waals surface area contributed by atoms with Crippen LogP contribution < -0.4 is 0 Å². The third-order valence-electron chi connectivity index (χ3n) is 6.77. The van der Waals surface area contributed by atoms with Crippen LogP contribution in [0.1, 0.15) is 67.6 Å². The van der Waals surface area contributed by atoms with E-state index in [9.17, 15) is 4.79 Å². The molecule has 2 fully saturated rings. The maximum absolute atomic E-state index is 12.7. The molecule has 8 heteroatoms. The van der Waals surface area contributed by atoms with E-state index in [1.54, 1.807) is 0 Å². The summed E-state index contributed by atoms with van der Waals surface area (Å²) in [4.78, 5) is 22.5. The molecule has 0 unspecified atom stereocenters. The Labute approximate surface area is 184 Å². The summed E-state index contributed by atoms with van der Waals surface area (Å²) in [5, 5.41) is 11.2. The van der Waals surface area contributed by atoms with Gasteiger partial charge in [0.1, 0.15) is 10.7 Å². The Morgan fingerprint density at radius 3 is 2.80 bits per heavy atom. The van der Waals surface area contributed by atoms with Gasteiger partial charge in [-0.3, -0.25) is 9.20 Å². The average molecular weight is 442 g/mol. The molecule has 1 amide bonds. The maximum Gasteiger partial charge on any atom is 0.233 e. The van der Waals surface area contributed by atoms with E-state index >= 15 is 0 Å². The number of hydrogen-bond donors (Lipinski definition) is 0. The summed E-state index contributed by atoms with van der Waals surface area (Å²) < 4.78 is 2.18. The van der Waals surface area contributed by atoms with E-state index in [0.717, 1.165) is 66.1 Å². The Balaban J connectivity index is 1.38. The molecule has 1 atom stereocenters. The van der Waals surface area contributed by atoms with Gasteiger partial charge >= 0.3 is 0 Å². The predicted octanol–water partition coefficient (Wildman–Crippen LogP) is 4.45. The average Bonchev–Trinajstić information content (AvgIpc) is 3.42. The van der Waals surface area contributed by atoms with Crippen LogP contribution in [0.3, 0.4) is 0 Å². The molecule has 3 aliphatic rings. The number of aryl methyl sites for hydroxylation is 1. The Kier molecular flexibility index (Phi) is 4.75. The first-order valence-corrected chi connectivity index (χ1v) is 13.1. The maximum atomic E-state index is 12.7. The summed E-state index contributed by atoms with van der Waals surface area (Å²) >= 11 is 3.39. The van der Waals surface area contributed by atoms with Gasteiger partial charge in [-0.2, -0.15) is 0 Å². The lowest BCUT2D eigenvalue weighted by atomic mass is 9.89. The highest BCUT2D eigenvalue weighted by Gasteiger charge is 2.32. The minimum absolute atomic E-state index is 0.223. The Morgan fingerprint density at radius 1 is 1.17 bits per heavy atom. The molecule has 3 aromatic rings. The molecule has 6 nitrogen and oxygen atoms in total. The zero-order valence-electron chi connectivity index (χ0n) is 17.4. The number of carbonyl (C=O) groups excluding carboxylic acids is 1. The normalized spacial score (nSPS) is 22.0. The number of hydrogen-bond acceptors (Lipinski definition) is 6. The summed E-state index contributed by atoms with van der Waals surface area (Å²) in [6.07, 6.45) is 9.35. The van der Waals surface area contributed by atoms with Crippen LogP contribution in [0, 0.1) is 5.92 Å². The Bertz CT molecular complexity index is 1130. The van der Waals surface area contributed by atoms with E-state index in [0.29, 0.717) is 11.7 Å². The predicted molar refractivity (Wildman–Crippen MR) is 120 cm³/mol. The molecule has 0 radical (unpaired) electrons. The smallest absolute Gasteiger partial charge is 0.233 e. The number of fused-ring (bicyclic) bond motifs is 5. The number of thiophene rings is 1. The summed E-state index contributed by atoms with van der Waals surface area (Å²) in [7, 11) is 0. The molecule has 0 N–H and O–H groups in total. The van der Waals surface area contributed by atoms with E-state index in [1.807, 2.05) is 16.2 Å². The van der Waals surface area contributed by atoms with Crippen molar-refractivity contribution in [2.75, 3.05) is 18.8 Å². The van der Waals surface area contributed by atoms with E-state index in [2.05, 4.69) is 21.5 Å². The molecule has 158 valence electrons. The Morgan fingerprint density at radius 2 is 2.00 bits per heavy atom. The zero-order valence-corrected chi connectivity index (χ0v) is 19.0. The topological polar surface area (TPSA) is 63.4 Å². The third-order valence-corrected chi connectivity index (χ3v) is 8.83. The van der Waals surface area contributed by atoms with Crippen LogP contribution in [0.4, 0.5) is 0 Å². The van der Waals surface area contributed by atoms with Crippen molar-refractivity contribution >= 4 is 44.9 Å². The second-order valence-electron chi connectivity index (χ2n) is 9.15. The van der Waals surface area contributed by atoms with Crippen LogP contribution in [0.2, 0.25) is 0 Å². The van der Waals surface area contributed by atoms with Gasteiger partial charge in [0, 0.05) is 23.9 Å². The fraction of sp³-hybridized carbons (Fsp3) is 0.636. The Hall–Kier alpha value is -1.67. The van der Waals surface area contributed by atoms with Crippen LogP contribution in [0.25, 0.3) is 15.9 Å². The van der Waals surface area contributed by atoms with Crippen molar-refractivity contribution in [3.8, 4) is 0 Å². The van der Waals surface area contributed by atoms with E-state index < -0.39 is 0 Å². The molecule has 3 aromatic heterocycles. The van der Waals surface area contributed by atoms with Gasteiger partial charge < -0.3 is 4.90 Å². The molecule has 4 heterocycles. The van der Waals surface area contributed by atoms with Gasteiger partial charge in [-0.15, -0.1) is 21.5 Å². The van der Waals surface area contributed by atoms with Gasteiger partial charge in [-0.25, -0.2) is 4.98 Å². The minimum atomic E-state index is 0.223. The SMILES string of the molecule is C[C@@H]1CCc2c(sc3nc(C4CC4)n4c(SCC(=O)N5CCCCC5)nnc4c23)C1. The summed E-state index contributed by atoms with van der Waals surface area (Å²) in [6.45, 7) is 4.14. The second-order valence-corrected chi connectivity index (χ2v) is 11.2. The number of aromatic nitrogens is 4. The van der Waals surface area contributed by atoms with Crippen molar-refractivity contribution in [1.82, 2.24) is 24.5 Å². The molecule has 6 rings (SSSR count). The van der Waals surface area contributed by atoms with E-state index in [4.69, 9.17) is 4.98 Å². The summed E-state index contributed by atoms with van der Waals surface area (Å²) in [6, 6.07) is 0. The molecule has 0 spiro atoms. The molecule has 2 aliphatic carbocycles. The molecule has 1 aliphatic heterocycles. The number of amides is 1. The van der Waals surface area contributed by atoms with Gasteiger partial charge in [-0.05, 0) is 62.8 Å². The fourth-order valence-electron chi connectivity index (χ4n) is 4.91. The third kappa shape index (κ3) is 3.23. The van der Waals surface area contributed by atoms with Crippen LogP contribution in [0.15, 0.2) is 5.16 Å². The van der Waals surface area contributed by atoms with Crippen molar-refractivity contribution in [2.24, 2.45) is 5.92 Å². The fourth-order valence-corrected chi connectivity index (χ4v) is 7.14. The molecule has 1 saturated carbocycles. The van der Waals surface area contributed by atoms with E-state index in [1.165, 1.54) is 53.3 Å². The lowest BCUT2D eigenvalue weighted by Gasteiger charge is -2.26. The van der Waals surface area contributed by atoms with E-state index in [-0.39, 0.29) is 5.91 Å². The van der Waals surface area contributed by atoms with Crippen molar-refractivity contribution in [2.45, 2.75) is 69.4 Å². The number of thioether (sulfide) groups is 1. The van der Waals surface area contributed by atoms with Crippen LogP contribution in [-0.2, 0) is 17.6 Å². The van der Waals surface area contributed by atoms with Gasteiger partial charge in [0.25, 0.3) is 0 Å². The molecular weight excluding hydrogens is 414 g/mol. The zero-order chi connectivity index (χ0) is 20.2. The first-order valence-electron chi connectivity index (χ1n) is 11.3. The standard InChI is InChI=1S/C22H27N5OS2/c1-13-5-8-15-16(11-13)30-21-18(15)20-24-25-22(27(20)19(23-21)14-6-7-14)29-12-17(28)26-9-3-2-4-10-26/h13-14H,2-12H2,1H3/t13-/m1/s1. The molecule has 0 aromatic carbocycles. The molecule has 0 bridgehead atoms. The first-order chi connectivity index (χ1) is 14.7. The van der Waals surface area contributed by atoms with Crippen molar-refractivity contribution in [3.63, 3.8) is 0 Å². The number of nitrogens with zero attached hydrogens (tertiary/aromatic N) is 5. The van der Waals surface area contributed by atoms with Crippen molar-refractivity contribution < 1.29 is 4.79 Å². The van der Waals surface area contributed by atoms with Crippen molar-refractivity contribution in [3.05, 3.63) is 16.3 Å². The lowest BCUT2D eigenvalue weighted by Crippen LogP contribution is -2.36.